The lowest BCUT2D eigenvalue weighted by Crippen LogP contribution is -2.13. The third-order valence-corrected chi connectivity index (χ3v) is 3.81. The highest BCUT2D eigenvalue weighted by atomic mass is 16.6. The molecule has 0 fully saturated rings. The van der Waals surface area contributed by atoms with Gasteiger partial charge in [-0.3, -0.25) is 4.68 Å². The van der Waals surface area contributed by atoms with Crippen molar-refractivity contribution in [2.45, 2.75) is 53.5 Å². The number of nitrogens with zero attached hydrogens (tertiary/aromatic N) is 3. The van der Waals surface area contributed by atoms with Gasteiger partial charge in [0.25, 0.3) is 0 Å². The Balaban J connectivity index is 1.83. The van der Waals surface area contributed by atoms with Crippen LogP contribution in [-0.4, -0.2) is 67.8 Å². The fourth-order valence-electron chi connectivity index (χ4n) is 2.31. The van der Waals surface area contributed by atoms with Crippen molar-refractivity contribution >= 4 is 0 Å². The van der Waals surface area contributed by atoms with E-state index < -0.39 is 0 Å². The molecule has 0 bridgehead atoms. The SMILES string of the molecule is CC(C)CCc1cn(CCCOCCOCCOCCOCC(C)C)nn1. The lowest BCUT2D eigenvalue weighted by molar-refractivity contribution is -0.00502. The zero-order chi connectivity index (χ0) is 19.7. The molecule has 1 aromatic heterocycles. The summed E-state index contributed by atoms with van der Waals surface area (Å²) in [5.41, 5.74) is 1.08. The largest absolute Gasteiger partial charge is 0.379 e. The summed E-state index contributed by atoms with van der Waals surface area (Å²) in [6.07, 6.45) is 5.12. The quantitative estimate of drug-likeness (QED) is 0.362. The molecule has 7 nitrogen and oxygen atoms in total. The van der Waals surface area contributed by atoms with Gasteiger partial charge in [0.15, 0.2) is 0 Å². The zero-order valence-corrected chi connectivity index (χ0v) is 17.7. The summed E-state index contributed by atoms with van der Waals surface area (Å²) in [6.45, 7) is 14.7. The van der Waals surface area contributed by atoms with Crippen LogP contribution in [0.2, 0.25) is 0 Å². The molecule has 0 spiro atoms. The van der Waals surface area contributed by atoms with Crippen molar-refractivity contribution in [2.24, 2.45) is 11.8 Å². The molecule has 0 radical (unpaired) electrons. The Morgan fingerprint density at radius 2 is 1.41 bits per heavy atom. The van der Waals surface area contributed by atoms with Gasteiger partial charge in [-0.25, -0.2) is 0 Å². The molecule has 27 heavy (non-hydrogen) atoms. The highest BCUT2D eigenvalue weighted by Crippen LogP contribution is 2.06. The van der Waals surface area contributed by atoms with Gasteiger partial charge < -0.3 is 18.9 Å². The Morgan fingerprint density at radius 1 is 0.815 bits per heavy atom. The van der Waals surface area contributed by atoms with Crippen LogP contribution in [0, 0.1) is 11.8 Å². The van der Waals surface area contributed by atoms with Gasteiger partial charge in [0, 0.05) is 26.0 Å². The minimum Gasteiger partial charge on any atom is -0.379 e. The molecule has 0 saturated carbocycles. The number of rotatable bonds is 18. The van der Waals surface area contributed by atoms with E-state index in [4.69, 9.17) is 18.9 Å². The number of hydrogen-bond donors (Lipinski definition) is 0. The Bertz CT molecular complexity index is 452. The fourth-order valence-corrected chi connectivity index (χ4v) is 2.31. The summed E-state index contributed by atoms with van der Waals surface area (Å²) in [7, 11) is 0. The summed E-state index contributed by atoms with van der Waals surface area (Å²) in [5.74, 6) is 1.26. The molecule has 0 N–H and O–H groups in total. The molecule has 158 valence electrons. The average Bonchev–Trinajstić information content (AvgIpc) is 3.08. The first kappa shape index (κ1) is 24.0. The van der Waals surface area contributed by atoms with Crippen molar-refractivity contribution in [2.75, 3.05) is 52.9 Å². The average molecular weight is 386 g/mol. The van der Waals surface area contributed by atoms with Crippen LogP contribution in [0.5, 0.6) is 0 Å². The van der Waals surface area contributed by atoms with E-state index in [1.165, 1.54) is 0 Å². The third kappa shape index (κ3) is 14.7. The van der Waals surface area contributed by atoms with Crippen molar-refractivity contribution in [3.63, 3.8) is 0 Å². The zero-order valence-electron chi connectivity index (χ0n) is 17.7. The van der Waals surface area contributed by atoms with Gasteiger partial charge in [0.2, 0.25) is 0 Å². The summed E-state index contributed by atoms with van der Waals surface area (Å²) in [4.78, 5) is 0. The predicted molar refractivity (Wildman–Crippen MR) is 106 cm³/mol. The summed E-state index contributed by atoms with van der Waals surface area (Å²) >= 11 is 0. The second kappa shape index (κ2) is 16.0. The number of aryl methyl sites for hydroxylation is 2. The molecule has 0 aliphatic heterocycles. The van der Waals surface area contributed by atoms with Crippen LogP contribution in [0.25, 0.3) is 0 Å². The minimum atomic E-state index is 0.566. The van der Waals surface area contributed by atoms with Crippen LogP contribution in [-0.2, 0) is 31.9 Å². The first-order valence-electron chi connectivity index (χ1n) is 10.3. The van der Waals surface area contributed by atoms with Gasteiger partial charge in [-0.15, -0.1) is 5.10 Å². The Kier molecular flexibility index (Phi) is 14.2. The van der Waals surface area contributed by atoms with Gasteiger partial charge in [-0.2, -0.15) is 0 Å². The number of aromatic nitrogens is 3. The van der Waals surface area contributed by atoms with Crippen molar-refractivity contribution < 1.29 is 18.9 Å². The van der Waals surface area contributed by atoms with Gasteiger partial charge in [0.05, 0.1) is 45.3 Å². The maximum Gasteiger partial charge on any atom is 0.0827 e. The molecule has 0 aliphatic rings. The number of ether oxygens (including phenoxy) is 4. The van der Waals surface area contributed by atoms with Crippen LogP contribution >= 0.6 is 0 Å². The molecule has 0 aromatic carbocycles. The third-order valence-electron chi connectivity index (χ3n) is 3.81. The van der Waals surface area contributed by atoms with Crippen molar-refractivity contribution in [3.8, 4) is 0 Å². The van der Waals surface area contributed by atoms with Crippen molar-refractivity contribution in [1.29, 1.82) is 0 Å². The van der Waals surface area contributed by atoms with E-state index in [-0.39, 0.29) is 0 Å². The molecule has 0 amide bonds. The second-order valence-corrected chi connectivity index (χ2v) is 7.56. The molecule has 0 saturated heterocycles. The van der Waals surface area contributed by atoms with Gasteiger partial charge in [-0.1, -0.05) is 32.9 Å². The Hall–Kier alpha value is -1.02. The van der Waals surface area contributed by atoms with E-state index in [0.717, 1.165) is 38.1 Å². The maximum atomic E-state index is 5.58. The van der Waals surface area contributed by atoms with Gasteiger partial charge in [0.1, 0.15) is 0 Å². The van der Waals surface area contributed by atoms with E-state index in [0.29, 0.717) is 58.1 Å². The van der Waals surface area contributed by atoms with E-state index >= 15 is 0 Å². The molecular formula is C20H39N3O4. The molecule has 0 unspecified atom stereocenters. The monoisotopic (exact) mass is 385 g/mol. The van der Waals surface area contributed by atoms with E-state index in [1.807, 2.05) is 10.9 Å². The van der Waals surface area contributed by atoms with Gasteiger partial charge in [-0.05, 0) is 31.1 Å². The van der Waals surface area contributed by atoms with Crippen LogP contribution in [0.1, 0.15) is 46.2 Å². The summed E-state index contributed by atoms with van der Waals surface area (Å²) in [5, 5.41) is 8.37. The topological polar surface area (TPSA) is 67.6 Å². The predicted octanol–water partition coefficient (Wildman–Crippen LogP) is 2.98. The Morgan fingerprint density at radius 3 is 2.00 bits per heavy atom. The molecule has 0 aliphatic carbocycles. The fraction of sp³-hybridized carbons (Fsp3) is 0.900. The molecule has 1 heterocycles. The number of hydrogen-bond acceptors (Lipinski definition) is 6. The normalized spacial score (nSPS) is 11.8. The van der Waals surface area contributed by atoms with Crippen LogP contribution in [0.4, 0.5) is 0 Å². The highest BCUT2D eigenvalue weighted by molar-refractivity contribution is 4.92. The van der Waals surface area contributed by atoms with Crippen LogP contribution < -0.4 is 0 Å². The molecule has 7 heteroatoms. The molecule has 0 atom stereocenters. The maximum absolute atomic E-state index is 5.58. The van der Waals surface area contributed by atoms with E-state index in [9.17, 15) is 0 Å². The molecular weight excluding hydrogens is 346 g/mol. The van der Waals surface area contributed by atoms with Crippen LogP contribution in [0.15, 0.2) is 6.20 Å². The van der Waals surface area contributed by atoms with Crippen LogP contribution in [0.3, 0.4) is 0 Å². The van der Waals surface area contributed by atoms with Crippen molar-refractivity contribution in [3.05, 3.63) is 11.9 Å². The van der Waals surface area contributed by atoms with E-state index in [1.54, 1.807) is 0 Å². The lowest BCUT2D eigenvalue weighted by atomic mass is 10.1. The first-order chi connectivity index (χ1) is 13.1. The lowest BCUT2D eigenvalue weighted by Gasteiger charge is -2.08. The molecule has 1 rings (SSSR count). The summed E-state index contributed by atoms with van der Waals surface area (Å²) in [6, 6.07) is 0. The smallest absolute Gasteiger partial charge is 0.0827 e. The second-order valence-electron chi connectivity index (χ2n) is 7.56. The summed E-state index contributed by atoms with van der Waals surface area (Å²) < 4.78 is 23.8. The molecule has 1 aromatic rings. The standard InChI is InChI=1S/C20H39N3O4/c1-18(2)6-7-20-16-23(22-21-20)8-5-9-24-10-11-25-12-13-26-14-15-27-17-19(3)4/h16,18-19H,5-15,17H2,1-4H3. The Labute approximate surface area is 164 Å². The minimum absolute atomic E-state index is 0.566. The first-order valence-corrected chi connectivity index (χ1v) is 10.3. The van der Waals surface area contributed by atoms with Crippen molar-refractivity contribution in [1.82, 2.24) is 15.0 Å². The van der Waals surface area contributed by atoms with E-state index in [2.05, 4.69) is 38.0 Å². The highest BCUT2D eigenvalue weighted by Gasteiger charge is 2.02. The van der Waals surface area contributed by atoms with Gasteiger partial charge >= 0.3 is 0 Å².